The number of rotatable bonds is 4. The molecule has 0 radical (unpaired) electrons. The van der Waals surface area contributed by atoms with Crippen LogP contribution in [0.5, 0.6) is 0 Å². The molecule has 5 rings (SSSR count). The molecule has 0 spiro atoms. The molecule has 2 amide bonds. The number of benzene rings is 2. The number of imidazole rings is 1. The Morgan fingerprint density at radius 3 is 2.72 bits per heavy atom. The van der Waals surface area contributed by atoms with Gasteiger partial charge in [-0.3, -0.25) is 10.1 Å². The number of pyridine rings is 1. The molecule has 3 aromatic heterocycles. The molecule has 10 heteroatoms. The van der Waals surface area contributed by atoms with E-state index >= 15 is 0 Å². The first-order valence-corrected chi connectivity index (χ1v) is 9.92. The SMILES string of the molecule is O=C(Nc1ccccc1Cl)Nc1cn[nH]c1-c1ccc(F)c(-c2nc3ccncc3[nH]2)c1. The van der Waals surface area contributed by atoms with E-state index in [0.717, 1.165) is 0 Å². The molecule has 158 valence electrons. The number of anilines is 2. The zero-order chi connectivity index (χ0) is 22.1. The molecule has 0 aliphatic rings. The van der Waals surface area contributed by atoms with Crippen molar-refractivity contribution in [2.45, 2.75) is 0 Å². The number of nitrogens with zero attached hydrogens (tertiary/aromatic N) is 3. The van der Waals surface area contributed by atoms with Gasteiger partial charge in [-0.05, 0) is 36.4 Å². The normalized spacial score (nSPS) is 10.9. The van der Waals surface area contributed by atoms with Crippen LogP contribution in [0.25, 0.3) is 33.7 Å². The van der Waals surface area contributed by atoms with Crippen molar-refractivity contribution in [3.63, 3.8) is 0 Å². The Labute approximate surface area is 185 Å². The van der Waals surface area contributed by atoms with Gasteiger partial charge >= 0.3 is 6.03 Å². The number of hydrogen-bond acceptors (Lipinski definition) is 4. The molecule has 0 saturated carbocycles. The minimum atomic E-state index is -0.493. The summed E-state index contributed by atoms with van der Waals surface area (Å²) < 4.78 is 14.6. The summed E-state index contributed by atoms with van der Waals surface area (Å²) in [4.78, 5) is 24.0. The van der Waals surface area contributed by atoms with Crippen LogP contribution in [0, 0.1) is 5.82 Å². The van der Waals surface area contributed by atoms with E-state index in [2.05, 4.69) is 35.8 Å². The van der Waals surface area contributed by atoms with Crippen molar-refractivity contribution >= 4 is 40.0 Å². The molecule has 2 aromatic carbocycles. The first-order chi connectivity index (χ1) is 15.6. The van der Waals surface area contributed by atoms with Crippen LogP contribution in [0.3, 0.4) is 0 Å². The van der Waals surface area contributed by atoms with Crippen LogP contribution >= 0.6 is 11.6 Å². The van der Waals surface area contributed by atoms with Crippen LogP contribution in [0.15, 0.2) is 67.1 Å². The number of para-hydroxylation sites is 1. The van der Waals surface area contributed by atoms with Crippen molar-refractivity contribution in [2.24, 2.45) is 0 Å². The largest absolute Gasteiger partial charge is 0.337 e. The average Bonchev–Trinajstić information content (AvgIpc) is 3.42. The second kappa shape index (κ2) is 8.12. The number of aromatic nitrogens is 5. The summed E-state index contributed by atoms with van der Waals surface area (Å²) in [5.41, 5.74) is 3.68. The van der Waals surface area contributed by atoms with E-state index < -0.39 is 11.8 Å². The van der Waals surface area contributed by atoms with Crippen LogP contribution in [0.1, 0.15) is 0 Å². The standard InChI is InChI=1S/C22H15ClFN7O/c23-14-3-1-2-4-16(14)29-22(32)30-19-11-26-31-20(19)12-5-6-15(24)13(9-12)21-27-17-7-8-25-10-18(17)28-21/h1-11H,(H,26,31)(H,27,28)(H2,29,30,32). The molecule has 4 N–H and O–H groups in total. The van der Waals surface area contributed by atoms with E-state index in [4.69, 9.17) is 11.6 Å². The van der Waals surface area contributed by atoms with Crippen LogP contribution < -0.4 is 10.6 Å². The van der Waals surface area contributed by atoms with Gasteiger partial charge in [0, 0.05) is 11.8 Å². The Balaban J connectivity index is 1.44. The van der Waals surface area contributed by atoms with Gasteiger partial charge in [-0.15, -0.1) is 0 Å². The first kappa shape index (κ1) is 19.7. The molecule has 0 saturated heterocycles. The number of H-pyrrole nitrogens is 2. The van der Waals surface area contributed by atoms with Crippen molar-refractivity contribution in [2.75, 3.05) is 10.6 Å². The number of carbonyl (C=O) groups excluding carboxylic acids is 1. The zero-order valence-corrected chi connectivity index (χ0v) is 17.1. The molecule has 3 heterocycles. The average molecular weight is 448 g/mol. The van der Waals surface area contributed by atoms with Crippen LogP contribution in [-0.2, 0) is 0 Å². The number of halogens is 2. The van der Waals surface area contributed by atoms with Crippen LogP contribution in [0.4, 0.5) is 20.6 Å². The Kier molecular flexibility index (Phi) is 5.00. The number of aromatic amines is 2. The summed E-state index contributed by atoms with van der Waals surface area (Å²) in [6.45, 7) is 0. The zero-order valence-electron chi connectivity index (χ0n) is 16.4. The van der Waals surface area contributed by atoms with E-state index in [9.17, 15) is 9.18 Å². The summed E-state index contributed by atoms with van der Waals surface area (Å²) in [6.07, 6.45) is 4.72. The van der Waals surface area contributed by atoms with Crippen molar-refractivity contribution < 1.29 is 9.18 Å². The third-order valence-electron chi connectivity index (χ3n) is 4.80. The molecule has 0 aliphatic heterocycles. The second-order valence-electron chi connectivity index (χ2n) is 6.89. The molecule has 0 atom stereocenters. The highest BCUT2D eigenvalue weighted by Crippen LogP contribution is 2.31. The number of nitrogens with one attached hydrogen (secondary N) is 4. The molecule has 0 fully saturated rings. The molecular weight excluding hydrogens is 433 g/mol. The minimum Gasteiger partial charge on any atom is -0.337 e. The monoisotopic (exact) mass is 447 g/mol. The van der Waals surface area contributed by atoms with E-state index in [1.54, 1.807) is 54.9 Å². The number of urea groups is 1. The number of hydrogen-bond donors (Lipinski definition) is 4. The maximum absolute atomic E-state index is 14.6. The van der Waals surface area contributed by atoms with E-state index in [1.807, 2.05) is 0 Å². The Morgan fingerprint density at radius 2 is 1.88 bits per heavy atom. The molecule has 8 nitrogen and oxygen atoms in total. The molecule has 5 aromatic rings. The van der Waals surface area contributed by atoms with Crippen LogP contribution in [0.2, 0.25) is 5.02 Å². The van der Waals surface area contributed by atoms with Gasteiger partial charge < -0.3 is 15.6 Å². The van der Waals surface area contributed by atoms with Gasteiger partial charge in [0.25, 0.3) is 0 Å². The maximum atomic E-state index is 14.6. The van der Waals surface area contributed by atoms with Crippen molar-refractivity contribution in [1.29, 1.82) is 0 Å². The minimum absolute atomic E-state index is 0.278. The molecule has 0 unspecified atom stereocenters. The van der Waals surface area contributed by atoms with Gasteiger partial charge in [0.1, 0.15) is 11.6 Å². The second-order valence-corrected chi connectivity index (χ2v) is 7.30. The van der Waals surface area contributed by atoms with Gasteiger partial charge in [0.05, 0.1) is 51.1 Å². The quantitative estimate of drug-likeness (QED) is 0.293. The third-order valence-corrected chi connectivity index (χ3v) is 5.13. The maximum Gasteiger partial charge on any atom is 0.323 e. The van der Waals surface area contributed by atoms with Gasteiger partial charge in [0.2, 0.25) is 0 Å². The van der Waals surface area contributed by atoms with E-state index in [-0.39, 0.29) is 5.56 Å². The Bertz CT molecular complexity index is 1410. The summed E-state index contributed by atoms with van der Waals surface area (Å²) in [6, 6.07) is 12.7. The van der Waals surface area contributed by atoms with Crippen molar-refractivity contribution in [1.82, 2.24) is 25.1 Å². The summed E-state index contributed by atoms with van der Waals surface area (Å²) in [5, 5.41) is 12.7. The lowest BCUT2D eigenvalue weighted by molar-refractivity contribution is 0.262. The molecular formula is C22H15ClFN7O. The van der Waals surface area contributed by atoms with Crippen molar-refractivity contribution in [3.8, 4) is 22.6 Å². The van der Waals surface area contributed by atoms with Gasteiger partial charge in [-0.1, -0.05) is 23.7 Å². The fourth-order valence-electron chi connectivity index (χ4n) is 3.29. The summed E-state index contributed by atoms with van der Waals surface area (Å²) in [7, 11) is 0. The van der Waals surface area contributed by atoms with Crippen molar-refractivity contribution in [3.05, 3.63) is 78.0 Å². The number of carbonyl (C=O) groups is 1. The lowest BCUT2D eigenvalue weighted by Crippen LogP contribution is -2.19. The summed E-state index contributed by atoms with van der Waals surface area (Å²) >= 11 is 6.09. The molecule has 32 heavy (non-hydrogen) atoms. The fraction of sp³-hybridized carbons (Fsp3) is 0. The number of fused-ring (bicyclic) bond motifs is 1. The Morgan fingerprint density at radius 1 is 1.03 bits per heavy atom. The summed E-state index contributed by atoms with van der Waals surface area (Å²) in [5.74, 6) is -0.0657. The van der Waals surface area contributed by atoms with E-state index in [1.165, 1.54) is 12.3 Å². The lowest BCUT2D eigenvalue weighted by Gasteiger charge is -2.10. The first-order valence-electron chi connectivity index (χ1n) is 9.54. The highest BCUT2D eigenvalue weighted by Gasteiger charge is 2.16. The topological polar surface area (TPSA) is 111 Å². The Hall–Kier alpha value is -4.24. The van der Waals surface area contributed by atoms with Gasteiger partial charge in [-0.2, -0.15) is 5.10 Å². The van der Waals surface area contributed by atoms with E-state index in [0.29, 0.717) is 44.5 Å². The smallest absolute Gasteiger partial charge is 0.323 e. The van der Waals surface area contributed by atoms with Gasteiger partial charge in [-0.25, -0.2) is 14.2 Å². The fourth-order valence-corrected chi connectivity index (χ4v) is 3.47. The molecule has 0 bridgehead atoms. The van der Waals surface area contributed by atoms with Crippen LogP contribution in [-0.4, -0.2) is 31.2 Å². The van der Waals surface area contributed by atoms with Gasteiger partial charge in [0.15, 0.2) is 0 Å². The molecule has 0 aliphatic carbocycles. The predicted octanol–water partition coefficient (Wildman–Crippen LogP) is 5.45. The lowest BCUT2D eigenvalue weighted by atomic mass is 10.1. The third kappa shape index (κ3) is 3.77. The predicted molar refractivity (Wildman–Crippen MR) is 121 cm³/mol. The highest BCUT2D eigenvalue weighted by molar-refractivity contribution is 6.33. The highest BCUT2D eigenvalue weighted by atomic mass is 35.5. The number of amides is 2.